The van der Waals surface area contributed by atoms with Crippen molar-refractivity contribution >= 4 is 0 Å². The smallest absolute Gasteiger partial charge is 0.254 e. The van der Waals surface area contributed by atoms with Gasteiger partial charge in [-0.15, -0.1) is 0 Å². The van der Waals surface area contributed by atoms with Crippen molar-refractivity contribution in [1.82, 2.24) is 10.1 Å². The van der Waals surface area contributed by atoms with Crippen molar-refractivity contribution in [1.29, 1.82) is 0 Å². The minimum absolute atomic E-state index is 0.177. The molecule has 0 saturated carbocycles. The van der Waals surface area contributed by atoms with Crippen LogP contribution in [-0.2, 0) is 17.9 Å². The maximum Gasteiger partial charge on any atom is 0.254 e. The van der Waals surface area contributed by atoms with Gasteiger partial charge in [-0.1, -0.05) is 12.1 Å². The van der Waals surface area contributed by atoms with Gasteiger partial charge < -0.3 is 4.52 Å². The number of nitrogens with zero attached hydrogens (tertiary/aromatic N) is 2. The highest BCUT2D eigenvalue weighted by Gasteiger charge is 2.03. The summed E-state index contributed by atoms with van der Waals surface area (Å²) in [5, 5.41) is 3.70. The lowest BCUT2D eigenvalue weighted by molar-refractivity contribution is 0.0995. The van der Waals surface area contributed by atoms with Crippen LogP contribution >= 0.6 is 0 Å². The highest BCUT2D eigenvalue weighted by atomic mass is 16.6. The Morgan fingerprint density at radius 2 is 2.45 bits per heavy atom. The third-order valence-electron chi connectivity index (χ3n) is 1.19. The Hall–Kier alpha value is -0.940. The maximum atomic E-state index is 4.82. The average molecular weight is 157 g/mol. The largest absolute Gasteiger partial charge is 0.337 e. The van der Waals surface area contributed by atoms with Gasteiger partial charge in [0.25, 0.3) is 5.89 Å². The van der Waals surface area contributed by atoms with Crippen molar-refractivity contribution in [3.05, 3.63) is 11.7 Å². The molecule has 0 amide bonds. The Morgan fingerprint density at radius 1 is 1.64 bits per heavy atom. The second-order valence-electron chi connectivity index (χ2n) is 2.17. The molecule has 0 fully saturated rings. The summed E-state index contributed by atoms with van der Waals surface area (Å²) in [6, 6.07) is 0. The summed E-state index contributed by atoms with van der Waals surface area (Å²) >= 11 is 0. The molecule has 0 aliphatic heterocycles. The molecule has 2 N–H and O–H groups in total. The van der Waals surface area contributed by atoms with Crippen LogP contribution in [0.25, 0.3) is 0 Å². The third-order valence-corrected chi connectivity index (χ3v) is 1.19. The van der Waals surface area contributed by atoms with Gasteiger partial charge >= 0.3 is 0 Å². The number of nitrogens with two attached hydrogens (primary N) is 1. The maximum absolute atomic E-state index is 4.82. The molecule has 0 bridgehead atoms. The molecule has 1 heterocycles. The molecule has 1 aromatic rings. The molecule has 5 nitrogen and oxygen atoms in total. The first-order valence-electron chi connectivity index (χ1n) is 3.50. The molecule has 1 rings (SSSR count). The second-order valence-corrected chi connectivity index (χ2v) is 2.17. The summed E-state index contributed by atoms with van der Waals surface area (Å²) in [4.78, 5) is 8.33. The number of hydrogen-bond donors (Lipinski definition) is 1. The second kappa shape index (κ2) is 4.05. The van der Waals surface area contributed by atoms with Crippen LogP contribution in [0.15, 0.2) is 4.52 Å². The fourth-order valence-corrected chi connectivity index (χ4v) is 0.745. The molecule has 5 heteroatoms. The molecule has 62 valence electrons. The molecule has 0 saturated heterocycles. The molecule has 0 radical (unpaired) electrons. The van der Waals surface area contributed by atoms with Crippen LogP contribution in [0.1, 0.15) is 25.1 Å². The number of rotatable bonds is 4. The zero-order chi connectivity index (χ0) is 8.10. The van der Waals surface area contributed by atoms with Gasteiger partial charge in [0.15, 0.2) is 5.82 Å². The van der Waals surface area contributed by atoms with Crippen molar-refractivity contribution in [3.63, 3.8) is 0 Å². The fraction of sp³-hybridized carbons (Fsp3) is 0.667. The van der Waals surface area contributed by atoms with Crippen LogP contribution < -0.4 is 5.90 Å². The molecule has 0 atom stereocenters. The van der Waals surface area contributed by atoms with Crippen LogP contribution in [0.2, 0.25) is 0 Å². The molecule has 0 aromatic carbocycles. The summed E-state index contributed by atoms with van der Waals surface area (Å²) in [6.07, 6.45) is 1.83. The van der Waals surface area contributed by atoms with Crippen LogP contribution in [-0.4, -0.2) is 10.1 Å². The van der Waals surface area contributed by atoms with E-state index in [4.69, 9.17) is 10.4 Å². The number of hydrogen-bond acceptors (Lipinski definition) is 5. The van der Waals surface area contributed by atoms with E-state index in [-0.39, 0.29) is 6.61 Å². The molecule has 0 aliphatic carbocycles. The van der Waals surface area contributed by atoms with Gasteiger partial charge in [-0.25, -0.2) is 5.90 Å². The monoisotopic (exact) mass is 157 g/mol. The van der Waals surface area contributed by atoms with Crippen molar-refractivity contribution in [2.24, 2.45) is 5.90 Å². The minimum Gasteiger partial charge on any atom is -0.337 e. The summed E-state index contributed by atoms with van der Waals surface area (Å²) in [5.74, 6) is 5.95. The molecule has 1 aromatic heterocycles. The molecular weight excluding hydrogens is 146 g/mol. The van der Waals surface area contributed by atoms with E-state index in [1.165, 1.54) is 0 Å². The van der Waals surface area contributed by atoms with Crippen LogP contribution in [0, 0.1) is 0 Å². The number of aryl methyl sites for hydroxylation is 1. The SMILES string of the molecule is CCCc1noc(CON)n1. The lowest BCUT2D eigenvalue weighted by Gasteiger charge is -1.86. The van der Waals surface area contributed by atoms with Crippen LogP contribution in [0.5, 0.6) is 0 Å². The number of aromatic nitrogens is 2. The lowest BCUT2D eigenvalue weighted by Crippen LogP contribution is -1.99. The summed E-state index contributed by atoms with van der Waals surface area (Å²) in [5.41, 5.74) is 0. The van der Waals surface area contributed by atoms with E-state index in [9.17, 15) is 0 Å². The Balaban J connectivity index is 2.51. The molecule has 11 heavy (non-hydrogen) atoms. The van der Waals surface area contributed by atoms with Gasteiger partial charge in [0.1, 0.15) is 6.61 Å². The standard InChI is InChI=1S/C6H11N3O2/c1-2-3-5-8-6(4-10-7)11-9-5/h2-4,7H2,1H3. The van der Waals surface area contributed by atoms with E-state index >= 15 is 0 Å². The van der Waals surface area contributed by atoms with E-state index in [1.807, 2.05) is 0 Å². The summed E-state index contributed by atoms with van der Waals surface area (Å²) in [6.45, 7) is 2.23. The highest BCUT2D eigenvalue weighted by Crippen LogP contribution is 1.99. The quantitative estimate of drug-likeness (QED) is 0.641. The van der Waals surface area contributed by atoms with Crippen LogP contribution in [0.4, 0.5) is 0 Å². The van der Waals surface area contributed by atoms with Gasteiger partial charge in [-0.3, -0.25) is 4.84 Å². The topological polar surface area (TPSA) is 74.2 Å². The van der Waals surface area contributed by atoms with Gasteiger partial charge in [-0.05, 0) is 6.42 Å². The molecule has 0 aliphatic rings. The lowest BCUT2D eigenvalue weighted by atomic mass is 10.3. The predicted molar refractivity (Wildman–Crippen MR) is 37.3 cm³/mol. The Morgan fingerprint density at radius 3 is 3.09 bits per heavy atom. The fourth-order valence-electron chi connectivity index (χ4n) is 0.745. The van der Waals surface area contributed by atoms with E-state index in [2.05, 4.69) is 21.9 Å². The zero-order valence-corrected chi connectivity index (χ0v) is 6.41. The highest BCUT2D eigenvalue weighted by molar-refractivity contribution is 4.84. The van der Waals surface area contributed by atoms with E-state index in [0.29, 0.717) is 11.7 Å². The first-order chi connectivity index (χ1) is 5.36. The minimum atomic E-state index is 0.177. The van der Waals surface area contributed by atoms with Crippen LogP contribution in [0.3, 0.4) is 0 Å². The third kappa shape index (κ3) is 2.28. The zero-order valence-electron chi connectivity index (χ0n) is 6.41. The van der Waals surface area contributed by atoms with Gasteiger partial charge in [0.05, 0.1) is 0 Å². The van der Waals surface area contributed by atoms with Crippen molar-refractivity contribution in [3.8, 4) is 0 Å². The first kappa shape index (κ1) is 8.16. The molecule has 0 unspecified atom stereocenters. The van der Waals surface area contributed by atoms with Gasteiger partial charge in [-0.2, -0.15) is 4.98 Å². The van der Waals surface area contributed by atoms with E-state index < -0.39 is 0 Å². The Kier molecular flexibility index (Phi) is 3.00. The molecular formula is C6H11N3O2. The summed E-state index contributed by atoms with van der Waals surface area (Å²) < 4.78 is 4.79. The van der Waals surface area contributed by atoms with Gasteiger partial charge in [0, 0.05) is 6.42 Å². The van der Waals surface area contributed by atoms with Crippen molar-refractivity contribution < 1.29 is 9.36 Å². The predicted octanol–water partition coefficient (Wildman–Crippen LogP) is 0.412. The van der Waals surface area contributed by atoms with E-state index in [0.717, 1.165) is 12.8 Å². The average Bonchev–Trinajstić information content (AvgIpc) is 2.38. The van der Waals surface area contributed by atoms with Crippen molar-refractivity contribution in [2.75, 3.05) is 0 Å². The summed E-state index contributed by atoms with van der Waals surface area (Å²) in [7, 11) is 0. The van der Waals surface area contributed by atoms with Gasteiger partial charge in [0.2, 0.25) is 0 Å². The molecule has 0 spiro atoms. The Labute approximate surface area is 64.5 Å². The normalized spacial score (nSPS) is 10.4. The first-order valence-corrected chi connectivity index (χ1v) is 3.50. The van der Waals surface area contributed by atoms with E-state index in [1.54, 1.807) is 0 Å². The van der Waals surface area contributed by atoms with Crippen molar-refractivity contribution in [2.45, 2.75) is 26.4 Å². The Bertz CT molecular complexity index is 191.